The number of nitrogens with zero attached hydrogens (tertiary/aromatic N) is 4. The van der Waals surface area contributed by atoms with Crippen molar-refractivity contribution in [2.24, 2.45) is 0 Å². The van der Waals surface area contributed by atoms with E-state index in [1.54, 1.807) is 18.3 Å². The molecule has 0 saturated carbocycles. The van der Waals surface area contributed by atoms with Crippen molar-refractivity contribution in [3.8, 4) is 11.5 Å². The fourth-order valence-corrected chi connectivity index (χ4v) is 2.88. The normalized spacial score (nSPS) is 12.3. The Morgan fingerprint density at radius 1 is 1.14 bits per heavy atom. The first-order valence-electron chi connectivity index (χ1n) is 6.69. The number of hydrogen-bond acceptors (Lipinski definition) is 5. The predicted molar refractivity (Wildman–Crippen MR) is 84.1 cm³/mol. The third kappa shape index (κ3) is 2.94. The molecular formula is C15H14FN5S. The molecule has 0 aliphatic carbocycles. The molecule has 112 valence electrons. The van der Waals surface area contributed by atoms with Gasteiger partial charge in [-0.05, 0) is 36.8 Å². The van der Waals surface area contributed by atoms with Crippen LogP contribution in [0.2, 0.25) is 0 Å². The summed E-state index contributed by atoms with van der Waals surface area (Å²) in [6.45, 7) is 2.01. The minimum atomic E-state index is -0.250. The Morgan fingerprint density at radius 3 is 2.59 bits per heavy atom. The van der Waals surface area contributed by atoms with Crippen molar-refractivity contribution in [1.82, 2.24) is 19.9 Å². The Hall–Kier alpha value is -2.41. The second-order valence-electron chi connectivity index (χ2n) is 4.70. The molecule has 0 radical (unpaired) electrons. The van der Waals surface area contributed by atoms with E-state index >= 15 is 0 Å². The molecule has 0 spiro atoms. The van der Waals surface area contributed by atoms with Gasteiger partial charge in [-0.2, -0.15) is 0 Å². The summed E-state index contributed by atoms with van der Waals surface area (Å²) in [7, 11) is 0. The van der Waals surface area contributed by atoms with Gasteiger partial charge in [0, 0.05) is 11.4 Å². The van der Waals surface area contributed by atoms with Gasteiger partial charge in [-0.15, -0.1) is 10.2 Å². The monoisotopic (exact) mass is 315 g/mol. The van der Waals surface area contributed by atoms with E-state index in [0.29, 0.717) is 16.7 Å². The van der Waals surface area contributed by atoms with Gasteiger partial charge in [0.05, 0.1) is 0 Å². The van der Waals surface area contributed by atoms with Crippen LogP contribution in [-0.2, 0) is 0 Å². The minimum Gasteiger partial charge on any atom is -0.335 e. The van der Waals surface area contributed by atoms with E-state index in [1.165, 1.54) is 28.6 Å². The summed E-state index contributed by atoms with van der Waals surface area (Å²) in [6.07, 6.45) is 1.68. The van der Waals surface area contributed by atoms with E-state index in [-0.39, 0.29) is 11.1 Å². The Balaban J connectivity index is 1.82. The summed E-state index contributed by atoms with van der Waals surface area (Å²) in [5.74, 6) is 6.32. The van der Waals surface area contributed by atoms with Gasteiger partial charge in [0.2, 0.25) is 11.0 Å². The Bertz CT molecular complexity index is 757. The molecule has 2 N–H and O–H groups in total. The van der Waals surface area contributed by atoms with Crippen LogP contribution in [0, 0.1) is 5.82 Å². The SMILES string of the molecule is CC(Sc1nnc(-c2ccccn2)n1N)c1ccc(F)cc1. The van der Waals surface area contributed by atoms with Crippen molar-refractivity contribution >= 4 is 11.8 Å². The summed E-state index contributed by atoms with van der Waals surface area (Å²) in [4.78, 5) is 4.22. The maximum absolute atomic E-state index is 13.0. The van der Waals surface area contributed by atoms with Crippen molar-refractivity contribution in [3.05, 3.63) is 60.0 Å². The summed E-state index contributed by atoms with van der Waals surface area (Å²) in [5, 5.41) is 8.86. The Morgan fingerprint density at radius 2 is 1.91 bits per heavy atom. The average molecular weight is 315 g/mol. The first-order chi connectivity index (χ1) is 10.6. The number of nitrogens with two attached hydrogens (primary N) is 1. The number of rotatable bonds is 4. The van der Waals surface area contributed by atoms with Crippen molar-refractivity contribution in [1.29, 1.82) is 0 Å². The van der Waals surface area contributed by atoms with Gasteiger partial charge in [-0.25, -0.2) is 9.07 Å². The van der Waals surface area contributed by atoms with E-state index in [1.807, 2.05) is 25.1 Å². The Kier molecular flexibility index (Phi) is 4.06. The average Bonchev–Trinajstić information content (AvgIpc) is 2.90. The van der Waals surface area contributed by atoms with Crippen molar-refractivity contribution < 1.29 is 4.39 Å². The molecule has 2 heterocycles. The first kappa shape index (κ1) is 14.5. The smallest absolute Gasteiger partial charge is 0.210 e. The molecule has 22 heavy (non-hydrogen) atoms. The van der Waals surface area contributed by atoms with Gasteiger partial charge in [0.25, 0.3) is 0 Å². The lowest BCUT2D eigenvalue weighted by Gasteiger charge is -2.10. The van der Waals surface area contributed by atoms with Gasteiger partial charge in [-0.3, -0.25) is 4.98 Å². The number of benzene rings is 1. The van der Waals surface area contributed by atoms with Crippen LogP contribution in [0.4, 0.5) is 4.39 Å². The minimum absolute atomic E-state index is 0.0729. The van der Waals surface area contributed by atoms with Crippen molar-refractivity contribution in [2.75, 3.05) is 5.84 Å². The molecule has 3 aromatic rings. The van der Waals surface area contributed by atoms with Crippen LogP contribution in [0.15, 0.2) is 53.8 Å². The zero-order valence-electron chi connectivity index (χ0n) is 11.8. The summed E-state index contributed by atoms with van der Waals surface area (Å²) < 4.78 is 14.4. The fraction of sp³-hybridized carbons (Fsp3) is 0.133. The highest BCUT2D eigenvalue weighted by atomic mass is 32.2. The fourth-order valence-electron chi connectivity index (χ4n) is 1.99. The molecule has 0 bridgehead atoms. The molecule has 0 amide bonds. The highest BCUT2D eigenvalue weighted by Crippen LogP contribution is 2.34. The number of pyridine rings is 1. The standard InChI is InChI=1S/C15H14FN5S/c1-10(11-5-7-12(16)8-6-11)22-15-20-19-14(21(15)17)13-4-2-3-9-18-13/h2-10H,17H2,1H3. The zero-order chi connectivity index (χ0) is 15.5. The lowest BCUT2D eigenvalue weighted by Crippen LogP contribution is -2.12. The number of halogens is 1. The Labute approximate surface area is 131 Å². The second kappa shape index (κ2) is 6.15. The van der Waals surface area contributed by atoms with Gasteiger partial charge >= 0.3 is 0 Å². The van der Waals surface area contributed by atoms with E-state index in [4.69, 9.17) is 5.84 Å². The van der Waals surface area contributed by atoms with Crippen LogP contribution in [0.3, 0.4) is 0 Å². The molecule has 1 unspecified atom stereocenters. The van der Waals surface area contributed by atoms with Crippen LogP contribution < -0.4 is 5.84 Å². The lowest BCUT2D eigenvalue weighted by atomic mass is 10.2. The summed E-state index contributed by atoms with van der Waals surface area (Å²) >= 11 is 1.46. The van der Waals surface area contributed by atoms with Crippen LogP contribution in [0.1, 0.15) is 17.7 Å². The molecule has 0 saturated heterocycles. The number of hydrogen-bond donors (Lipinski definition) is 1. The van der Waals surface area contributed by atoms with Gasteiger partial charge in [0.15, 0.2) is 0 Å². The highest BCUT2D eigenvalue weighted by Gasteiger charge is 2.16. The summed E-state index contributed by atoms with van der Waals surface area (Å²) in [5.41, 5.74) is 1.66. The topological polar surface area (TPSA) is 69.6 Å². The molecule has 0 fully saturated rings. The molecule has 2 aromatic heterocycles. The third-order valence-corrected chi connectivity index (χ3v) is 4.30. The largest absolute Gasteiger partial charge is 0.335 e. The van der Waals surface area contributed by atoms with E-state index in [2.05, 4.69) is 15.2 Å². The molecule has 0 aliphatic heterocycles. The molecule has 3 rings (SSSR count). The van der Waals surface area contributed by atoms with Crippen LogP contribution in [-0.4, -0.2) is 19.9 Å². The second-order valence-corrected chi connectivity index (χ2v) is 6.01. The molecular weight excluding hydrogens is 301 g/mol. The molecule has 1 aromatic carbocycles. The van der Waals surface area contributed by atoms with E-state index in [0.717, 1.165) is 5.56 Å². The number of thioether (sulfide) groups is 1. The molecule has 1 atom stereocenters. The quantitative estimate of drug-likeness (QED) is 0.592. The van der Waals surface area contributed by atoms with Gasteiger partial charge in [0.1, 0.15) is 11.5 Å². The van der Waals surface area contributed by atoms with Crippen molar-refractivity contribution in [3.63, 3.8) is 0 Å². The van der Waals surface area contributed by atoms with E-state index < -0.39 is 0 Å². The number of aromatic nitrogens is 4. The van der Waals surface area contributed by atoms with Crippen LogP contribution >= 0.6 is 11.8 Å². The van der Waals surface area contributed by atoms with Crippen LogP contribution in [0.5, 0.6) is 0 Å². The maximum Gasteiger partial charge on any atom is 0.210 e. The maximum atomic E-state index is 13.0. The van der Waals surface area contributed by atoms with Crippen LogP contribution in [0.25, 0.3) is 11.5 Å². The molecule has 5 nitrogen and oxygen atoms in total. The lowest BCUT2D eigenvalue weighted by molar-refractivity contribution is 0.627. The molecule has 7 heteroatoms. The first-order valence-corrected chi connectivity index (χ1v) is 7.57. The summed E-state index contributed by atoms with van der Waals surface area (Å²) in [6, 6.07) is 11.9. The third-order valence-electron chi connectivity index (χ3n) is 3.18. The predicted octanol–water partition coefficient (Wildman–Crippen LogP) is 3.05. The van der Waals surface area contributed by atoms with Crippen molar-refractivity contribution in [2.45, 2.75) is 17.3 Å². The molecule has 0 aliphatic rings. The van der Waals surface area contributed by atoms with Gasteiger partial charge in [-0.1, -0.05) is 30.0 Å². The van der Waals surface area contributed by atoms with Gasteiger partial charge < -0.3 is 5.84 Å². The van der Waals surface area contributed by atoms with E-state index in [9.17, 15) is 4.39 Å². The highest BCUT2D eigenvalue weighted by molar-refractivity contribution is 7.99. The number of nitrogen functional groups attached to an aromatic ring is 1. The zero-order valence-corrected chi connectivity index (χ0v) is 12.7.